The quantitative estimate of drug-likeness (QED) is 0.762. The number of benzene rings is 1. The Morgan fingerprint density at radius 1 is 1.25 bits per heavy atom. The molecule has 0 radical (unpaired) electrons. The molecule has 2 atom stereocenters. The first-order valence-electron chi connectivity index (χ1n) is 8.96. The minimum absolute atomic E-state index is 0. The Kier molecular flexibility index (Phi) is 8.37. The largest absolute Gasteiger partial charge is 0.493 e. The Labute approximate surface area is 181 Å². The van der Waals surface area contributed by atoms with Crippen LogP contribution < -0.4 is 14.8 Å². The van der Waals surface area contributed by atoms with Gasteiger partial charge < -0.3 is 19.7 Å². The third-order valence-corrected chi connectivity index (χ3v) is 5.72. The van der Waals surface area contributed by atoms with Crippen LogP contribution in [-0.4, -0.2) is 48.1 Å². The van der Waals surface area contributed by atoms with Crippen LogP contribution in [0.3, 0.4) is 0 Å². The summed E-state index contributed by atoms with van der Waals surface area (Å²) in [5.41, 5.74) is 3.30. The number of hydrogen-bond acceptors (Lipinski definition) is 6. The van der Waals surface area contributed by atoms with Crippen LogP contribution >= 0.6 is 36.2 Å². The van der Waals surface area contributed by atoms with Crippen molar-refractivity contribution in [3.63, 3.8) is 0 Å². The van der Waals surface area contributed by atoms with E-state index in [2.05, 4.69) is 10.3 Å². The van der Waals surface area contributed by atoms with E-state index in [0.717, 1.165) is 31.6 Å². The van der Waals surface area contributed by atoms with Gasteiger partial charge in [0.2, 0.25) is 0 Å². The van der Waals surface area contributed by atoms with Gasteiger partial charge >= 0.3 is 0 Å². The van der Waals surface area contributed by atoms with E-state index in [1.807, 2.05) is 16.3 Å². The summed E-state index contributed by atoms with van der Waals surface area (Å²) in [6.07, 6.45) is 3.40. The fourth-order valence-electron chi connectivity index (χ4n) is 3.69. The van der Waals surface area contributed by atoms with Crippen molar-refractivity contribution in [2.24, 2.45) is 0 Å². The molecule has 154 valence electrons. The monoisotopic (exact) mass is 445 g/mol. The maximum Gasteiger partial charge on any atom is 0.254 e. The van der Waals surface area contributed by atoms with E-state index in [9.17, 15) is 4.79 Å². The first-order chi connectivity index (χ1) is 12.7. The Morgan fingerprint density at radius 2 is 2.07 bits per heavy atom. The molecule has 1 amide bonds. The molecule has 28 heavy (non-hydrogen) atoms. The Morgan fingerprint density at radius 3 is 2.82 bits per heavy atom. The predicted molar refractivity (Wildman–Crippen MR) is 114 cm³/mol. The first-order valence-corrected chi connectivity index (χ1v) is 9.90. The third-order valence-electron chi connectivity index (χ3n) is 5.08. The zero-order valence-electron chi connectivity index (χ0n) is 15.6. The highest BCUT2D eigenvalue weighted by molar-refractivity contribution is 7.07. The Bertz CT molecular complexity index is 776. The van der Waals surface area contributed by atoms with Crippen LogP contribution in [-0.2, 0) is 6.61 Å². The molecule has 0 spiro atoms. The van der Waals surface area contributed by atoms with Gasteiger partial charge in [-0.2, -0.15) is 0 Å². The molecule has 9 heteroatoms. The highest BCUT2D eigenvalue weighted by atomic mass is 35.5. The van der Waals surface area contributed by atoms with Crippen LogP contribution in [0.1, 0.15) is 35.3 Å². The number of nitrogens with one attached hydrogen (secondary N) is 1. The van der Waals surface area contributed by atoms with Crippen molar-refractivity contribution in [3.8, 4) is 11.5 Å². The number of fused-ring (bicyclic) bond motifs is 2. The molecule has 2 unspecified atom stereocenters. The van der Waals surface area contributed by atoms with E-state index in [0.29, 0.717) is 35.8 Å². The van der Waals surface area contributed by atoms with Gasteiger partial charge in [-0.25, -0.2) is 4.98 Å². The van der Waals surface area contributed by atoms with Gasteiger partial charge in [-0.05, 0) is 37.5 Å². The molecular formula is C19H25Cl2N3O3S. The Hall–Kier alpha value is -1.54. The molecule has 1 aromatic carbocycles. The molecule has 2 saturated heterocycles. The minimum Gasteiger partial charge on any atom is -0.493 e. The van der Waals surface area contributed by atoms with Gasteiger partial charge in [-0.15, -0.1) is 36.2 Å². The maximum atomic E-state index is 12.9. The zero-order valence-corrected chi connectivity index (χ0v) is 18.1. The SMILES string of the molecule is COc1cc(C(=O)N2CCC3CCC(C2)N3)ccc1OCc1cscn1.Cl.Cl. The number of carbonyl (C=O) groups excluding carboxylic acids is 1. The van der Waals surface area contributed by atoms with Crippen molar-refractivity contribution in [2.75, 3.05) is 20.2 Å². The molecule has 4 rings (SSSR count). The van der Waals surface area contributed by atoms with E-state index in [-0.39, 0.29) is 30.7 Å². The number of carbonyl (C=O) groups is 1. The summed E-state index contributed by atoms with van der Waals surface area (Å²) in [5, 5.41) is 5.56. The smallest absolute Gasteiger partial charge is 0.254 e. The average molecular weight is 446 g/mol. The second-order valence-corrected chi connectivity index (χ2v) is 7.53. The summed E-state index contributed by atoms with van der Waals surface area (Å²) < 4.78 is 11.2. The molecular weight excluding hydrogens is 421 g/mol. The number of hydrogen-bond donors (Lipinski definition) is 1. The number of amides is 1. The van der Waals surface area contributed by atoms with E-state index < -0.39 is 0 Å². The van der Waals surface area contributed by atoms with E-state index >= 15 is 0 Å². The van der Waals surface area contributed by atoms with E-state index in [1.165, 1.54) is 17.8 Å². The predicted octanol–water partition coefficient (Wildman–Crippen LogP) is 3.54. The number of ether oxygens (including phenoxy) is 2. The lowest BCUT2D eigenvalue weighted by Crippen LogP contribution is -2.39. The zero-order chi connectivity index (χ0) is 17.9. The molecule has 6 nitrogen and oxygen atoms in total. The van der Waals surface area contributed by atoms with Gasteiger partial charge in [0.1, 0.15) is 6.61 Å². The van der Waals surface area contributed by atoms with Gasteiger partial charge in [0.15, 0.2) is 11.5 Å². The molecule has 2 aromatic rings. The molecule has 1 N–H and O–H groups in total. The normalized spacial score (nSPS) is 20.5. The summed E-state index contributed by atoms with van der Waals surface area (Å²) in [5.74, 6) is 1.25. The lowest BCUT2D eigenvalue weighted by molar-refractivity contribution is 0.0747. The lowest BCUT2D eigenvalue weighted by Gasteiger charge is -2.24. The van der Waals surface area contributed by atoms with Crippen LogP contribution in [0.15, 0.2) is 29.1 Å². The number of likely N-dealkylation sites (tertiary alicyclic amines) is 1. The number of halogens is 2. The van der Waals surface area contributed by atoms with Crippen LogP contribution in [0, 0.1) is 0 Å². The van der Waals surface area contributed by atoms with Crippen molar-refractivity contribution in [3.05, 3.63) is 40.3 Å². The molecule has 3 heterocycles. The molecule has 2 bridgehead atoms. The lowest BCUT2D eigenvalue weighted by atomic mass is 10.1. The van der Waals surface area contributed by atoms with Gasteiger partial charge in [-0.1, -0.05) is 0 Å². The van der Waals surface area contributed by atoms with Crippen molar-refractivity contribution in [1.29, 1.82) is 0 Å². The summed E-state index contributed by atoms with van der Waals surface area (Å²) in [6, 6.07) is 6.39. The standard InChI is InChI=1S/C19H23N3O3S.2ClH/c1-24-18-8-13(2-5-17(18)25-10-16-11-26-12-20-16)19(23)22-7-6-14-3-4-15(9-22)21-14;;/h2,5,8,11-12,14-15,21H,3-4,6-7,9-10H2,1H3;2*1H. The number of aromatic nitrogens is 1. The van der Waals surface area contributed by atoms with Crippen molar-refractivity contribution in [2.45, 2.75) is 38.0 Å². The first kappa shape index (κ1) is 22.7. The molecule has 2 fully saturated rings. The van der Waals surface area contributed by atoms with Crippen molar-refractivity contribution >= 4 is 42.1 Å². The highest BCUT2D eigenvalue weighted by Gasteiger charge is 2.31. The van der Waals surface area contributed by atoms with E-state index in [4.69, 9.17) is 9.47 Å². The van der Waals surface area contributed by atoms with Crippen LogP contribution in [0.5, 0.6) is 11.5 Å². The van der Waals surface area contributed by atoms with Crippen LogP contribution in [0.2, 0.25) is 0 Å². The van der Waals surface area contributed by atoms with Gasteiger partial charge in [0.05, 0.1) is 18.3 Å². The minimum atomic E-state index is 0. The molecule has 2 aliphatic rings. The molecule has 1 aromatic heterocycles. The second-order valence-electron chi connectivity index (χ2n) is 6.81. The summed E-state index contributed by atoms with van der Waals surface area (Å²) in [4.78, 5) is 19.1. The van der Waals surface area contributed by atoms with Crippen LogP contribution in [0.25, 0.3) is 0 Å². The maximum absolute atomic E-state index is 12.9. The molecule has 0 aliphatic carbocycles. The van der Waals surface area contributed by atoms with Crippen molar-refractivity contribution in [1.82, 2.24) is 15.2 Å². The number of methoxy groups -OCH3 is 1. The fraction of sp³-hybridized carbons (Fsp3) is 0.474. The van der Waals surface area contributed by atoms with E-state index in [1.54, 1.807) is 24.8 Å². The summed E-state index contributed by atoms with van der Waals surface area (Å²) >= 11 is 1.54. The second kappa shape index (κ2) is 10.3. The summed E-state index contributed by atoms with van der Waals surface area (Å²) in [6.45, 7) is 1.96. The number of rotatable bonds is 5. The fourth-order valence-corrected chi connectivity index (χ4v) is 4.23. The average Bonchev–Trinajstić information content (AvgIpc) is 3.28. The Balaban J connectivity index is 0.00000140. The van der Waals surface area contributed by atoms with Gasteiger partial charge in [0, 0.05) is 36.1 Å². The van der Waals surface area contributed by atoms with Crippen LogP contribution in [0.4, 0.5) is 0 Å². The summed E-state index contributed by atoms with van der Waals surface area (Å²) in [7, 11) is 1.59. The number of nitrogens with zero attached hydrogens (tertiary/aromatic N) is 2. The third kappa shape index (κ3) is 5.08. The van der Waals surface area contributed by atoms with Crippen molar-refractivity contribution < 1.29 is 14.3 Å². The highest BCUT2D eigenvalue weighted by Crippen LogP contribution is 2.30. The van der Waals surface area contributed by atoms with Gasteiger partial charge in [0.25, 0.3) is 5.91 Å². The molecule has 2 aliphatic heterocycles. The molecule has 0 saturated carbocycles. The number of thiazole rings is 1. The topological polar surface area (TPSA) is 63.7 Å². The van der Waals surface area contributed by atoms with Gasteiger partial charge in [-0.3, -0.25) is 4.79 Å².